The van der Waals surface area contributed by atoms with Gasteiger partial charge in [0.1, 0.15) is 11.6 Å². The van der Waals surface area contributed by atoms with Gasteiger partial charge < -0.3 is 5.11 Å². The third kappa shape index (κ3) is 3.00. The molecule has 1 nitrogen and oxygen atoms in total. The number of hydrogen-bond donors (Lipinski definition) is 1. The Bertz CT molecular complexity index is 641. The minimum absolute atomic E-state index is 0.0659. The molecular weight excluding hydrogens is 282 g/mol. The van der Waals surface area contributed by atoms with E-state index in [0.717, 1.165) is 11.6 Å². The van der Waals surface area contributed by atoms with Crippen LogP contribution in [0.5, 0.6) is 0 Å². The number of benzene rings is 2. The molecule has 0 aliphatic heterocycles. The molecule has 1 N–H and O–H groups in total. The van der Waals surface area contributed by atoms with Gasteiger partial charge in [0, 0.05) is 11.4 Å². The van der Waals surface area contributed by atoms with Crippen LogP contribution in [0.25, 0.3) is 0 Å². The van der Waals surface area contributed by atoms with Gasteiger partial charge in [0.2, 0.25) is 0 Å². The van der Waals surface area contributed by atoms with Crippen molar-refractivity contribution < 1.29 is 13.9 Å². The van der Waals surface area contributed by atoms with Gasteiger partial charge in [-0.15, -0.1) is 0 Å². The fourth-order valence-electron chi connectivity index (χ4n) is 2.11. The average Bonchev–Trinajstić information content (AvgIpc) is 2.38. The Morgan fingerprint density at radius 1 is 1.15 bits per heavy atom. The zero-order chi connectivity index (χ0) is 14.9. The Labute approximate surface area is 121 Å². The van der Waals surface area contributed by atoms with Crippen molar-refractivity contribution in [2.45, 2.75) is 26.4 Å². The molecule has 0 bridgehead atoms. The lowest BCUT2D eigenvalue weighted by Gasteiger charge is -2.15. The van der Waals surface area contributed by atoms with Gasteiger partial charge in [0.25, 0.3) is 0 Å². The van der Waals surface area contributed by atoms with E-state index in [0.29, 0.717) is 16.1 Å². The highest BCUT2D eigenvalue weighted by molar-refractivity contribution is 6.31. The standard InChI is InChI=1S/C16H15ClF2O/c1-9-3-5-11(12(17)7-9)8-14(20)15-13(18)6-4-10(2)16(15)19/h3-7,14,20H,8H2,1-2H3. The van der Waals surface area contributed by atoms with E-state index in [1.165, 1.54) is 13.0 Å². The van der Waals surface area contributed by atoms with Crippen LogP contribution in [0.3, 0.4) is 0 Å². The zero-order valence-electron chi connectivity index (χ0n) is 11.3. The Kier molecular flexibility index (Phi) is 4.41. The summed E-state index contributed by atoms with van der Waals surface area (Å²) in [4.78, 5) is 0. The van der Waals surface area contributed by atoms with Crippen LogP contribution in [-0.2, 0) is 6.42 Å². The van der Waals surface area contributed by atoms with E-state index < -0.39 is 17.7 Å². The van der Waals surface area contributed by atoms with Gasteiger partial charge in [-0.05, 0) is 42.7 Å². The van der Waals surface area contributed by atoms with Crippen LogP contribution in [0.1, 0.15) is 28.4 Å². The van der Waals surface area contributed by atoms with Gasteiger partial charge in [-0.2, -0.15) is 0 Å². The minimum Gasteiger partial charge on any atom is -0.388 e. The minimum atomic E-state index is -1.27. The Morgan fingerprint density at radius 2 is 1.85 bits per heavy atom. The van der Waals surface area contributed by atoms with Crippen LogP contribution in [0.4, 0.5) is 8.78 Å². The highest BCUT2D eigenvalue weighted by Gasteiger charge is 2.20. The van der Waals surface area contributed by atoms with E-state index in [2.05, 4.69) is 0 Å². The topological polar surface area (TPSA) is 20.2 Å². The monoisotopic (exact) mass is 296 g/mol. The van der Waals surface area contributed by atoms with Crippen molar-refractivity contribution in [1.82, 2.24) is 0 Å². The highest BCUT2D eigenvalue weighted by Crippen LogP contribution is 2.28. The fraction of sp³-hybridized carbons (Fsp3) is 0.250. The highest BCUT2D eigenvalue weighted by atomic mass is 35.5. The number of aliphatic hydroxyl groups is 1. The molecule has 0 radical (unpaired) electrons. The van der Waals surface area contributed by atoms with Crippen LogP contribution in [0.2, 0.25) is 5.02 Å². The lowest BCUT2D eigenvalue weighted by Crippen LogP contribution is -2.09. The molecule has 1 atom stereocenters. The molecule has 0 spiro atoms. The number of aliphatic hydroxyl groups excluding tert-OH is 1. The van der Waals surface area contributed by atoms with Gasteiger partial charge in [0.15, 0.2) is 0 Å². The lowest BCUT2D eigenvalue weighted by molar-refractivity contribution is 0.168. The van der Waals surface area contributed by atoms with Crippen LogP contribution < -0.4 is 0 Å². The van der Waals surface area contributed by atoms with Crippen molar-refractivity contribution >= 4 is 11.6 Å². The second kappa shape index (κ2) is 5.90. The van der Waals surface area contributed by atoms with Gasteiger partial charge in [0.05, 0.1) is 11.7 Å². The first kappa shape index (κ1) is 14.9. The fourth-order valence-corrected chi connectivity index (χ4v) is 2.42. The largest absolute Gasteiger partial charge is 0.388 e. The molecule has 20 heavy (non-hydrogen) atoms. The molecule has 0 heterocycles. The first-order chi connectivity index (χ1) is 9.40. The van der Waals surface area contributed by atoms with Crippen LogP contribution in [0, 0.1) is 25.5 Å². The summed E-state index contributed by atoms with van der Waals surface area (Å²) < 4.78 is 27.7. The van der Waals surface area contributed by atoms with E-state index in [1.54, 1.807) is 12.1 Å². The van der Waals surface area contributed by atoms with E-state index in [9.17, 15) is 13.9 Å². The molecule has 0 fully saturated rings. The third-order valence-corrected chi connectivity index (χ3v) is 3.63. The third-order valence-electron chi connectivity index (χ3n) is 3.27. The van der Waals surface area contributed by atoms with Crippen molar-refractivity contribution in [3.8, 4) is 0 Å². The zero-order valence-corrected chi connectivity index (χ0v) is 12.0. The van der Waals surface area contributed by atoms with E-state index >= 15 is 0 Å². The normalized spacial score (nSPS) is 12.5. The number of aryl methyl sites for hydroxylation is 2. The van der Waals surface area contributed by atoms with E-state index in [1.807, 2.05) is 13.0 Å². The summed E-state index contributed by atoms with van der Waals surface area (Å²) in [5, 5.41) is 10.6. The molecule has 0 aliphatic carbocycles. The SMILES string of the molecule is Cc1ccc(CC(O)c2c(F)ccc(C)c2F)c(Cl)c1. The molecule has 2 aromatic carbocycles. The maximum absolute atomic E-state index is 13.9. The summed E-state index contributed by atoms with van der Waals surface area (Å²) in [5.74, 6) is -1.45. The van der Waals surface area contributed by atoms with Crippen LogP contribution in [0.15, 0.2) is 30.3 Å². The summed E-state index contributed by atoms with van der Waals surface area (Å²) in [6.07, 6.45) is -1.20. The Morgan fingerprint density at radius 3 is 2.50 bits per heavy atom. The predicted molar refractivity (Wildman–Crippen MR) is 75.9 cm³/mol. The molecule has 4 heteroatoms. The van der Waals surface area contributed by atoms with Crippen LogP contribution >= 0.6 is 11.6 Å². The summed E-state index contributed by atoms with van der Waals surface area (Å²) in [5.41, 5.74) is 1.64. The van der Waals surface area contributed by atoms with Crippen molar-refractivity contribution in [3.05, 3.63) is 69.2 Å². The number of hydrogen-bond acceptors (Lipinski definition) is 1. The van der Waals surface area contributed by atoms with Crippen molar-refractivity contribution in [3.63, 3.8) is 0 Å². The maximum atomic E-state index is 13.9. The average molecular weight is 297 g/mol. The van der Waals surface area contributed by atoms with Gasteiger partial charge >= 0.3 is 0 Å². The van der Waals surface area contributed by atoms with Crippen LogP contribution in [-0.4, -0.2) is 5.11 Å². The molecule has 2 aromatic rings. The van der Waals surface area contributed by atoms with Gasteiger partial charge in [-0.3, -0.25) is 0 Å². The summed E-state index contributed by atoms with van der Waals surface area (Å²) in [7, 11) is 0. The molecule has 2 rings (SSSR count). The lowest BCUT2D eigenvalue weighted by atomic mass is 9.98. The first-order valence-corrected chi connectivity index (χ1v) is 6.65. The van der Waals surface area contributed by atoms with E-state index in [-0.39, 0.29) is 12.0 Å². The Hall–Kier alpha value is -1.45. The Balaban J connectivity index is 2.33. The second-order valence-electron chi connectivity index (χ2n) is 4.91. The molecule has 106 valence electrons. The predicted octanol–water partition coefficient (Wildman–Crippen LogP) is 4.51. The maximum Gasteiger partial charge on any atom is 0.134 e. The van der Waals surface area contributed by atoms with Crippen molar-refractivity contribution in [2.24, 2.45) is 0 Å². The van der Waals surface area contributed by atoms with Crippen molar-refractivity contribution in [1.29, 1.82) is 0 Å². The van der Waals surface area contributed by atoms with Gasteiger partial charge in [-0.1, -0.05) is 29.8 Å². The number of rotatable bonds is 3. The molecule has 0 saturated carbocycles. The van der Waals surface area contributed by atoms with E-state index in [4.69, 9.17) is 11.6 Å². The molecule has 0 saturated heterocycles. The molecule has 1 unspecified atom stereocenters. The summed E-state index contributed by atoms with van der Waals surface area (Å²) in [6.45, 7) is 3.43. The molecule has 0 amide bonds. The van der Waals surface area contributed by atoms with Gasteiger partial charge in [-0.25, -0.2) is 8.78 Å². The van der Waals surface area contributed by atoms with Crippen molar-refractivity contribution in [2.75, 3.05) is 0 Å². The molecule has 0 aliphatic rings. The second-order valence-corrected chi connectivity index (χ2v) is 5.31. The number of halogens is 3. The smallest absolute Gasteiger partial charge is 0.134 e. The summed E-state index contributed by atoms with van der Waals surface area (Å²) >= 11 is 6.07. The summed E-state index contributed by atoms with van der Waals surface area (Å²) in [6, 6.07) is 7.86. The molecular formula is C16H15ClF2O. The first-order valence-electron chi connectivity index (χ1n) is 6.27. The molecule has 0 aromatic heterocycles. The quantitative estimate of drug-likeness (QED) is 0.883.